The number of allylic oxidation sites excluding steroid dienone is 1. The van der Waals surface area contributed by atoms with Crippen LogP contribution in [0.15, 0.2) is 23.8 Å². The predicted molar refractivity (Wildman–Crippen MR) is 281 cm³/mol. The summed E-state index contributed by atoms with van der Waals surface area (Å²) in [5.41, 5.74) is -0.948. The summed E-state index contributed by atoms with van der Waals surface area (Å²) in [6.45, 7) is 34.5. The Kier molecular flexibility index (Phi) is 23.6. The molecule has 0 aromatic rings. The summed E-state index contributed by atoms with van der Waals surface area (Å²) in [6.07, 6.45) is 13.2. The molecule has 3 heterocycles. The third-order valence-electron chi connectivity index (χ3n) is 16.3. The zero-order chi connectivity index (χ0) is 53.8. The molecule has 0 amide bonds. The molecule has 2 N–H and O–H groups in total. The number of methoxy groups -OCH3 is 1. The summed E-state index contributed by atoms with van der Waals surface area (Å²) in [5.74, 6) is -2.17. The number of carbonyl (C=O) groups excluding carboxylic acids is 4. The zero-order valence-electron chi connectivity index (χ0n) is 47.1. The quantitative estimate of drug-likeness (QED) is 0.0508. The van der Waals surface area contributed by atoms with E-state index < -0.39 is 63.9 Å². The number of hydrogen-bond donors (Lipinski definition) is 2. The van der Waals surface area contributed by atoms with Gasteiger partial charge in [-0.1, -0.05) is 95.6 Å². The van der Waals surface area contributed by atoms with Gasteiger partial charge in [0.15, 0.2) is 28.5 Å². The number of ether oxygens (including phenoxy) is 6. The van der Waals surface area contributed by atoms with Crippen LogP contribution in [0.3, 0.4) is 0 Å². The van der Waals surface area contributed by atoms with Crippen LogP contribution in [0.2, 0.25) is 36.3 Å². The van der Waals surface area contributed by atoms with Gasteiger partial charge in [-0.2, -0.15) is 0 Å². The number of aliphatic hydroxyl groups excluding tert-OH is 1. The fraction of sp³-hybridized carbons (Fsp3) is 0.855. The molecule has 1 aliphatic carbocycles. The van der Waals surface area contributed by atoms with Crippen molar-refractivity contribution >= 4 is 41.1 Å². The number of aldehydes is 2. The van der Waals surface area contributed by atoms with E-state index >= 15 is 0 Å². The minimum Gasteiger partial charge on any atom is -0.466 e. The molecule has 410 valence electrons. The first-order chi connectivity index (χ1) is 32.8. The van der Waals surface area contributed by atoms with Crippen LogP contribution in [0.4, 0.5) is 0 Å². The second kappa shape index (κ2) is 26.6. The van der Waals surface area contributed by atoms with Gasteiger partial charge in [-0.15, -0.1) is 0 Å². The average molecular weight is 1040 g/mol. The summed E-state index contributed by atoms with van der Waals surface area (Å²) >= 11 is 0. The largest absolute Gasteiger partial charge is 0.466 e. The van der Waals surface area contributed by atoms with E-state index in [0.717, 1.165) is 51.4 Å². The van der Waals surface area contributed by atoms with Crippen molar-refractivity contribution in [1.82, 2.24) is 0 Å². The maximum atomic E-state index is 12.3. The molecule has 3 aliphatic heterocycles. The highest BCUT2D eigenvalue weighted by Crippen LogP contribution is 2.49. The van der Waals surface area contributed by atoms with Crippen LogP contribution in [-0.2, 0) is 56.5 Å². The van der Waals surface area contributed by atoms with Crippen LogP contribution in [0.25, 0.3) is 0 Å². The number of esters is 2. The molecular formula is C55H98O14Si2. The van der Waals surface area contributed by atoms with Gasteiger partial charge in [0, 0.05) is 43.1 Å². The molecule has 1 spiro atoms. The second-order valence-electron chi connectivity index (χ2n) is 24.9. The fourth-order valence-electron chi connectivity index (χ4n) is 9.88. The molecule has 71 heavy (non-hydrogen) atoms. The van der Waals surface area contributed by atoms with Gasteiger partial charge in [-0.05, 0) is 111 Å². The van der Waals surface area contributed by atoms with Crippen molar-refractivity contribution in [2.45, 2.75) is 257 Å². The average Bonchev–Trinajstić information content (AvgIpc) is 3.25. The number of aliphatic hydroxyl groups is 2. The van der Waals surface area contributed by atoms with Gasteiger partial charge in [0.05, 0.1) is 56.9 Å². The third-order valence-corrected chi connectivity index (χ3v) is 25.3. The Hall–Kier alpha value is -2.13. The molecule has 0 radical (unpaired) electrons. The third kappa shape index (κ3) is 17.7. The minimum atomic E-state index is -2.15. The number of rotatable bonds is 20. The fourth-order valence-corrected chi connectivity index (χ4v) is 12.3. The highest BCUT2D eigenvalue weighted by Gasteiger charge is 2.57. The molecule has 11 atom stereocenters. The summed E-state index contributed by atoms with van der Waals surface area (Å²) < 4.78 is 49.2. The Morgan fingerprint density at radius 1 is 0.873 bits per heavy atom. The van der Waals surface area contributed by atoms with Crippen molar-refractivity contribution in [3.63, 3.8) is 0 Å². The Morgan fingerprint density at radius 3 is 2.10 bits per heavy atom. The van der Waals surface area contributed by atoms with Crippen LogP contribution < -0.4 is 0 Å². The van der Waals surface area contributed by atoms with Crippen molar-refractivity contribution in [3.8, 4) is 0 Å². The van der Waals surface area contributed by atoms with E-state index in [1.807, 2.05) is 0 Å². The number of carbonyl (C=O) groups is 4. The molecule has 14 nitrogen and oxygen atoms in total. The summed E-state index contributed by atoms with van der Waals surface area (Å²) in [4.78, 5) is 46.9. The van der Waals surface area contributed by atoms with Crippen LogP contribution in [0, 0.1) is 23.2 Å². The van der Waals surface area contributed by atoms with Gasteiger partial charge < -0.3 is 52.3 Å². The summed E-state index contributed by atoms with van der Waals surface area (Å²) in [7, 11) is -2.82. The molecule has 4 rings (SSSR count). The smallest absolute Gasteiger partial charge is 0.330 e. The summed E-state index contributed by atoms with van der Waals surface area (Å²) in [5, 5.41) is 22.8. The van der Waals surface area contributed by atoms with Gasteiger partial charge in [0.1, 0.15) is 12.6 Å². The highest BCUT2D eigenvalue weighted by atomic mass is 28.4. The lowest BCUT2D eigenvalue weighted by Crippen LogP contribution is -2.62. The molecule has 1 unspecified atom stereocenters. The molecule has 0 aromatic carbocycles. The second-order valence-corrected chi connectivity index (χ2v) is 34.5. The standard InChI is InChI=1S/C29H54O5Si.C26H44O9Si/c1-21(2)27-13-12-22(3)20-29(27)31-17-15-25(33-29)18-23-10-9-11-24(32-23)19-26(14-16-30)34-35(7,8)28(4,5)6;1-10-21(29)34-23-18(15-22(30)32-7)14-20(35-26(23,31)25(5,6)12-11-13-27)16-19(28)17-33-36(8,9)24(2,3)4/h16,21-27H,9-15,17-20H2,1-8H3;11-13,15,19-20,23,28,31H,10,14,16-17H2,1-9H3/b;12-11+,18-15+/t22-,23-,24+,25+,26+,27+,29?;19-,20+,23+,26-/m11/s1. The van der Waals surface area contributed by atoms with Crippen LogP contribution >= 0.6 is 0 Å². The van der Waals surface area contributed by atoms with Gasteiger partial charge in [-0.3, -0.25) is 9.59 Å². The van der Waals surface area contributed by atoms with Gasteiger partial charge in [0.2, 0.25) is 5.79 Å². The van der Waals surface area contributed by atoms with E-state index in [1.165, 1.54) is 44.6 Å². The molecule has 4 aliphatic rings. The SMILES string of the molecule is CC(C)[C@@H]1CC[C@@H](C)CC12OCC[C@@H](C[C@H]1CCC[C@@H](C[C@H](CC=O)O[Si](C)(C)C(C)(C)C)O1)O2.CCC(=O)O[C@H]1/C(=C/C(=O)OC)C[C@@H](C[C@@H](O)CO[Si](C)(C)C(C)(C)C)O[C@@]1(O)C(C)(C)/C=C/C=O. The van der Waals surface area contributed by atoms with E-state index in [9.17, 15) is 29.4 Å². The maximum absolute atomic E-state index is 12.3. The first-order valence-corrected chi connectivity index (χ1v) is 32.5. The van der Waals surface area contributed by atoms with E-state index in [2.05, 4.69) is 88.5 Å². The Bertz CT molecular complexity index is 1770. The lowest BCUT2D eigenvalue weighted by atomic mass is 9.72. The normalized spacial score (nSPS) is 30.6. The molecule has 4 fully saturated rings. The first-order valence-electron chi connectivity index (χ1n) is 26.7. The summed E-state index contributed by atoms with van der Waals surface area (Å²) in [6, 6.07) is 0. The van der Waals surface area contributed by atoms with E-state index in [4.69, 9.17) is 37.3 Å². The van der Waals surface area contributed by atoms with E-state index in [1.54, 1.807) is 20.8 Å². The van der Waals surface area contributed by atoms with Crippen LogP contribution in [0.1, 0.15) is 167 Å². The van der Waals surface area contributed by atoms with Crippen LogP contribution in [0.5, 0.6) is 0 Å². The highest BCUT2D eigenvalue weighted by molar-refractivity contribution is 6.74. The Labute approximate surface area is 430 Å². The van der Waals surface area contributed by atoms with E-state index in [-0.39, 0.29) is 65.9 Å². The molecule has 1 saturated carbocycles. The Morgan fingerprint density at radius 2 is 1.52 bits per heavy atom. The van der Waals surface area contributed by atoms with Crippen molar-refractivity contribution < 1.29 is 66.7 Å². The molecule has 16 heteroatoms. The maximum Gasteiger partial charge on any atom is 0.330 e. The van der Waals surface area contributed by atoms with Crippen molar-refractivity contribution in [2.24, 2.45) is 23.2 Å². The Balaban J connectivity index is 0.000000375. The van der Waals surface area contributed by atoms with Gasteiger partial charge >= 0.3 is 11.9 Å². The molecule has 0 bridgehead atoms. The topological polar surface area (TPSA) is 183 Å². The molecular weight excluding hydrogens is 941 g/mol. The van der Waals surface area contributed by atoms with Crippen molar-refractivity contribution in [1.29, 1.82) is 0 Å². The first kappa shape index (κ1) is 63.2. The lowest BCUT2D eigenvalue weighted by molar-refractivity contribution is -0.342. The molecule has 0 aromatic heterocycles. The van der Waals surface area contributed by atoms with E-state index in [0.29, 0.717) is 30.5 Å². The van der Waals surface area contributed by atoms with Crippen LogP contribution in [-0.4, -0.2) is 126 Å². The van der Waals surface area contributed by atoms with Crippen molar-refractivity contribution in [2.75, 3.05) is 20.3 Å². The van der Waals surface area contributed by atoms with Gasteiger partial charge in [-0.25, -0.2) is 4.79 Å². The minimum absolute atomic E-state index is 0.0317. The lowest BCUT2D eigenvalue weighted by Gasteiger charge is -2.51. The van der Waals surface area contributed by atoms with Crippen molar-refractivity contribution in [3.05, 3.63) is 23.8 Å². The number of hydrogen-bond acceptors (Lipinski definition) is 14. The molecule has 3 saturated heterocycles. The van der Waals surface area contributed by atoms with Gasteiger partial charge in [0.25, 0.3) is 0 Å². The zero-order valence-corrected chi connectivity index (χ0v) is 49.1. The predicted octanol–water partition coefficient (Wildman–Crippen LogP) is 10.7. The monoisotopic (exact) mass is 1040 g/mol.